The Balaban J connectivity index is 0.000000240. The second kappa shape index (κ2) is 9.79. The van der Waals surface area contributed by atoms with Crippen LogP contribution in [0, 0.1) is 27.9 Å². The third-order valence-electron chi connectivity index (χ3n) is 2.59. The highest BCUT2D eigenvalue weighted by Crippen LogP contribution is 2.15. The molecule has 2 aromatic heterocycles. The molecule has 0 aromatic carbocycles. The van der Waals surface area contributed by atoms with Crippen molar-refractivity contribution in [1.82, 2.24) is 19.1 Å². The minimum absolute atomic E-state index is 0.0894. The number of nitro groups is 2. The van der Waals surface area contributed by atoms with Crippen LogP contribution in [-0.2, 0) is 13.1 Å². The fraction of sp³-hybridized carbons (Fsp3) is 0.400. The molecule has 12 nitrogen and oxygen atoms in total. The average Bonchev–Trinajstić information content (AvgIpc) is 3.06. The second-order valence-corrected chi connectivity index (χ2v) is 5.97. The Morgan fingerprint density at radius 3 is 1.50 bits per heavy atom. The number of hydrogen-bond donors (Lipinski definition) is 2. The highest BCUT2D eigenvalue weighted by atomic mass is 127. The summed E-state index contributed by atoms with van der Waals surface area (Å²) in [5.41, 5.74) is 0. The van der Waals surface area contributed by atoms with Crippen molar-refractivity contribution >= 4 is 56.8 Å². The Morgan fingerprint density at radius 2 is 1.25 bits per heavy atom. The van der Waals surface area contributed by atoms with Crippen LogP contribution in [0.5, 0.6) is 0 Å². The molecule has 2 rings (SSSR count). The van der Waals surface area contributed by atoms with E-state index < -0.39 is 9.85 Å². The third-order valence-corrected chi connectivity index (χ3v) is 4.31. The third kappa shape index (κ3) is 5.31. The molecule has 0 aliphatic carbocycles. The van der Waals surface area contributed by atoms with Crippen molar-refractivity contribution in [1.29, 1.82) is 0 Å². The Bertz CT molecular complexity index is 657. The molecular formula is C10H12I2N6O6. The number of rotatable bonds is 6. The number of halogens is 2. The number of imidazole rings is 2. The molecular weight excluding hydrogens is 554 g/mol. The molecule has 14 heteroatoms. The molecule has 0 radical (unpaired) electrons. The minimum Gasteiger partial charge on any atom is -0.392 e. The lowest BCUT2D eigenvalue weighted by Gasteiger charge is -1.97. The van der Waals surface area contributed by atoms with Crippen molar-refractivity contribution < 1.29 is 20.1 Å². The summed E-state index contributed by atoms with van der Waals surface area (Å²) in [6.07, 6.45) is 2.36. The molecule has 0 spiro atoms. The van der Waals surface area contributed by atoms with Crippen LogP contribution >= 0.6 is 45.2 Å². The highest BCUT2D eigenvalue weighted by molar-refractivity contribution is 14.1. The van der Waals surface area contributed by atoms with E-state index in [1.807, 2.05) is 45.2 Å². The number of aliphatic hydroxyl groups is 2. The molecule has 24 heavy (non-hydrogen) atoms. The molecule has 0 unspecified atom stereocenters. The lowest BCUT2D eigenvalue weighted by molar-refractivity contribution is -0.392. The van der Waals surface area contributed by atoms with Gasteiger partial charge in [-0.2, -0.15) is 9.13 Å². The van der Waals surface area contributed by atoms with Gasteiger partial charge in [0.15, 0.2) is 0 Å². The highest BCUT2D eigenvalue weighted by Gasteiger charge is 2.17. The summed E-state index contributed by atoms with van der Waals surface area (Å²) in [4.78, 5) is 27.2. The molecule has 0 saturated heterocycles. The lowest BCUT2D eigenvalue weighted by Crippen LogP contribution is -2.07. The first-order chi connectivity index (χ1) is 11.3. The van der Waals surface area contributed by atoms with Crippen LogP contribution in [-0.4, -0.2) is 52.4 Å². The van der Waals surface area contributed by atoms with E-state index in [-0.39, 0.29) is 37.9 Å². The standard InChI is InChI=1S/2C5H6IN3O3/c2*6-5-7-3-4(9(11)12)8(5)1-2-10/h2*3,10H,1-2H2. The Kier molecular flexibility index (Phi) is 8.42. The first-order valence-corrected chi connectivity index (χ1v) is 8.41. The maximum Gasteiger partial charge on any atom is 0.343 e. The quantitative estimate of drug-likeness (QED) is 0.295. The zero-order chi connectivity index (χ0) is 18.3. The van der Waals surface area contributed by atoms with Gasteiger partial charge in [0.05, 0.1) is 13.2 Å². The number of nitrogens with zero attached hydrogens (tertiary/aromatic N) is 6. The molecule has 0 bridgehead atoms. The zero-order valence-corrected chi connectivity index (χ0v) is 16.3. The van der Waals surface area contributed by atoms with E-state index in [0.717, 1.165) is 0 Å². The number of hydrogen-bond acceptors (Lipinski definition) is 8. The monoisotopic (exact) mass is 566 g/mol. The van der Waals surface area contributed by atoms with Crippen LogP contribution in [0.15, 0.2) is 12.4 Å². The van der Waals surface area contributed by atoms with Gasteiger partial charge >= 0.3 is 11.6 Å². The van der Waals surface area contributed by atoms with Crippen LogP contribution in [0.3, 0.4) is 0 Å². The van der Waals surface area contributed by atoms with E-state index in [1.54, 1.807) is 0 Å². The maximum absolute atomic E-state index is 10.4. The van der Waals surface area contributed by atoms with Crippen LogP contribution in [0.25, 0.3) is 0 Å². The maximum atomic E-state index is 10.4. The van der Waals surface area contributed by atoms with Crippen molar-refractivity contribution in [2.45, 2.75) is 13.1 Å². The molecule has 2 aromatic rings. The van der Waals surface area contributed by atoms with Crippen LogP contribution in [0.1, 0.15) is 0 Å². The van der Waals surface area contributed by atoms with Gasteiger partial charge in [-0.15, -0.1) is 0 Å². The van der Waals surface area contributed by atoms with Gasteiger partial charge in [-0.05, 0) is 9.85 Å². The summed E-state index contributed by atoms with van der Waals surface area (Å²) >= 11 is 3.75. The van der Waals surface area contributed by atoms with Crippen molar-refractivity contribution in [3.63, 3.8) is 0 Å². The summed E-state index contributed by atoms with van der Waals surface area (Å²) < 4.78 is 3.71. The molecule has 0 aliphatic rings. The predicted octanol–water partition coefficient (Wildman–Crippen LogP) is 0.776. The van der Waals surface area contributed by atoms with Gasteiger partial charge in [-0.3, -0.25) is 0 Å². The van der Waals surface area contributed by atoms with Gasteiger partial charge in [0, 0.05) is 45.2 Å². The normalized spacial score (nSPS) is 10.2. The fourth-order valence-electron chi connectivity index (χ4n) is 1.59. The molecule has 132 valence electrons. The first kappa shape index (κ1) is 20.6. The fourth-order valence-corrected chi connectivity index (χ4v) is 2.85. The summed E-state index contributed by atoms with van der Waals surface area (Å²) in [6, 6.07) is 0. The Labute approximate surface area is 162 Å². The van der Waals surface area contributed by atoms with Crippen LogP contribution < -0.4 is 0 Å². The SMILES string of the molecule is O=[N+]([O-])c1cnc(I)n1CCO.O=[N+]([O-])c1cnc(I)n1CCO. The lowest BCUT2D eigenvalue weighted by atomic mass is 10.6. The summed E-state index contributed by atoms with van der Waals surface area (Å²) in [5.74, 6) is -0.179. The second-order valence-electron chi connectivity index (χ2n) is 4.04. The molecule has 0 aliphatic heterocycles. The van der Waals surface area contributed by atoms with Gasteiger partial charge < -0.3 is 30.4 Å². The molecule has 0 fully saturated rings. The smallest absolute Gasteiger partial charge is 0.343 e. The summed E-state index contributed by atoms with van der Waals surface area (Å²) in [6.45, 7) is 0.142. The minimum atomic E-state index is -0.523. The van der Waals surface area contributed by atoms with Gasteiger partial charge in [0.2, 0.25) is 0 Å². The largest absolute Gasteiger partial charge is 0.392 e. The topological polar surface area (TPSA) is 162 Å². The molecule has 0 amide bonds. The number of aliphatic hydroxyl groups excluding tert-OH is 2. The van der Waals surface area contributed by atoms with Crippen molar-refractivity contribution in [2.75, 3.05) is 13.2 Å². The Hall–Kier alpha value is -1.40. The van der Waals surface area contributed by atoms with E-state index in [4.69, 9.17) is 10.2 Å². The van der Waals surface area contributed by atoms with Crippen LogP contribution in [0.2, 0.25) is 0 Å². The predicted molar refractivity (Wildman–Crippen MR) is 97.4 cm³/mol. The van der Waals surface area contributed by atoms with E-state index in [2.05, 4.69) is 9.97 Å². The van der Waals surface area contributed by atoms with Gasteiger partial charge in [-0.25, -0.2) is 9.97 Å². The van der Waals surface area contributed by atoms with E-state index >= 15 is 0 Å². The average molecular weight is 566 g/mol. The van der Waals surface area contributed by atoms with Crippen molar-refractivity contribution in [3.05, 3.63) is 40.3 Å². The summed E-state index contributed by atoms with van der Waals surface area (Å²) in [5, 5.41) is 37.9. The van der Waals surface area contributed by atoms with Gasteiger partial charge in [-0.1, -0.05) is 0 Å². The molecule has 0 atom stereocenters. The molecule has 0 saturated carbocycles. The zero-order valence-electron chi connectivity index (χ0n) is 11.9. The van der Waals surface area contributed by atoms with E-state index in [1.165, 1.54) is 21.5 Å². The van der Waals surface area contributed by atoms with Gasteiger partial charge in [0.1, 0.15) is 25.5 Å². The van der Waals surface area contributed by atoms with E-state index in [0.29, 0.717) is 7.66 Å². The van der Waals surface area contributed by atoms with Gasteiger partial charge in [0.25, 0.3) is 7.66 Å². The first-order valence-electron chi connectivity index (χ1n) is 6.26. The summed E-state index contributed by atoms with van der Waals surface area (Å²) in [7, 11) is 0. The Morgan fingerprint density at radius 1 is 0.917 bits per heavy atom. The van der Waals surface area contributed by atoms with E-state index in [9.17, 15) is 20.2 Å². The van der Waals surface area contributed by atoms with Crippen molar-refractivity contribution in [3.8, 4) is 0 Å². The number of aromatic nitrogens is 4. The molecule has 2 heterocycles. The van der Waals surface area contributed by atoms with Crippen LogP contribution in [0.4, 0.5) is 11.6 Å². The van der Waals surface area contributed by atoms with Crippen molar-refractivity contribution in [2.24, 2.45) is 0 Å². The molecule has 2 N–H and O–H groups in total.